The average Bonchev–Trinajstić information content (AvgIpc) is 3.40. The van der Waals surface area contributed by atoms with Crippen molar-refractivity contribution in [1.82, 2.24) is 19.4 Å². The number of carbonyl (C=O) groups excluding carboxylic acids is 2. The first-order valence-corrected chi connectivity index (χ1v) is 11.9. The van der Waals surface area contributed by atoms with Crippen LogP contribution in [0.4, 0.5) is 26.8 Å². The van der Waals surface area contributed by atoms with Crippen molar-refractivity contribution in [3.8, 4) is 0 Å². The number of pyridine rings is 2. The van der Waals surface area contributed by atoms with Gasteiger partial charge in [-0.2, -0.15) is 0 Å². The number of hydrogen-bond donors (Lipinski definition) is 1. The molecule has 5 heterocycles. The van der Waals surface area contributed by atoms with Gasteiger partial charge >= 0.3 is 12.1 Å². The minimum atomic E-state index is -0.507. The zero-order valence-electron chi connectivity index (χ0n) is 20.6. The van der Waals surface area contributed by atoms with Crippen molar-refractivity contribution < 1.29 is 14.3 Å². The number of urea groups is 1. The fraction of sp³-hybridized carbons (Fsp3) is 0.440. The highest BCUT2D eigenvalue weighted by molar-refractivity contribution is 6.07. The molecule has 5 rings (SSSR count). The van der Waals surface area contributed by atoms with E-state index in [2.05, 4.69) is 20.2 Å². The third kappa shape index (κ3) is 4.48. The normalized spacial score (nSPS) is 15.9. The van der Waals surface area contributed by atoms with Crippen molar-refractivity contribution >= 4 is 40.4 Å². The molecule has 35 heavy (non-hydrogen) atoms. The predicted octanol–water partition coefficient (Wildman–Crippen LogP) is 3.62. The highest BCUT2D eigenvalue weighted by atomic mass is 16.6. The van der Waals surface area contributed by atoms with Gasteiger partial charge in [0, 0.05) is 75.0 Å². The third-order valence-electron chi connectivity index (χ3n) is 6.34. The minimum absolute atomic E-state index is 0.209. The number of hydrogen-bond acceptors (Lipinski definition) is 6. The van der Waals surface area contributed by atoms with E-state index in [1.807, 2.05) is 56.8 Å². The summed E-state index contributed by atoms with van der Waals surface area (Å²) in [6, 6.07) is 5.60. The molecule has 2 aliphatic heterocycles. The van der Waals surface area contributed by atoms with Gasteiger partial charge in [0.25, 0.3) is 0 Å². The van der Waals surface area contributed by atoms with Crippen LogP contribution < -0.4 is 15.1 Å². The predicted molar refractivity (Wildman–Crippen MR) is 135 cm³/mol. The molecule has 3 aromatic heterocycles. The van der Waals surface area contributed by atoms with E-state index in [9.17, 15) is 9.59 Å². The maximum Gasteiger partial charge on any atom is 0.410 e. The van der Waals surface area contributed by atoms with Gasteiger partial charge in [0.15, 0.2) is 0 Å². The second kappa shape index (κ2) is 8.75. The molecular weight excluding hydrogens is 446 g/mol. The molecule has 1 fully saturated rings. The van der Waals surface area contributed by atoms with Gasteiger partial charge < -0.3 is 24.4 Å². The number of anilines is 3. The van der Waals surface area contributed by atoms with Crippen molar-refractivity contribution in [2.45, 2.75) is 32.8 Å². The van der Waals surface area contributed by atoms with E-state index in [1.165, 1.54) is 0 Å². The van der Waals surface area contributed by atoms with Gasteiger partial charge in [-0.15, -0.1) is 0 Å². The molecule has 184 valence electrons. The molecule has 2 aliphatic rings. The van der Waals surface area contributed by atoms with Crippen LogP contribution in [0.2, 0.25) is 0 Å². The molecule has 10 nitrogen and oxygen atoms in total. The number of nitrogens with one attached hydrogen (secondary N) is 1. The molecule has 0 atom stereocenters. The molecule has 0 saturated carbocycles. The summed E-state index contributed by atoms with van der Waals surface area (Å²) < 4.78 is 7.41. The lowest BCUT2D eigenvalue weighted by Crippen LogP contribution is -2.50. The summed E-state index contributed by atoms with van der Waals surface area (Å²) >= 11 is 0. The van der Waals surface area contributed by atoms with Crippen LogP contribution in [-0.4, -0.2) is 69.9 Å². The quantitative estimate of drug-likeness (QED) is 0.606. The van der Waals surface area contributed by atoms with E-state index in [-0.39, 0.29) is 12.1 Å². The Labute approximate surface area is 204 Å². The second-order valence-electron chi connectivity index (χ2n) is 9.95. The van der Waals surface area contributed by atoms with Gasteiger partial charge in [-0.1, -0.05) is 0 Å². The van der Waals surface area contributed by atoms with Crippen LogP contribution in [0.1, 0.15) is 26.3 Å². The highest BCUT2D eigenvalue weighted by Crippen LogP contribution is 2.35. The van der Waals surface area contributed by atoms with Crippen molar-refractivity contribution in [3.63, 3.8) is 0 Å². The van der Waals surface area contributed by atoms with E-state index < -0.39 is 5.60 Å². The van der Waals surface area contributed by atoms with Crippen molar-refractivity contribution in [1.29, 1.82) is 0 Å². The van der Waals surface area contributed by atoms with Gasteiger partial charge in [0.1, 0.15) is 17.1 Å². The summed E-state index contributed by atoms with van der Waals surface area (Å²) in [7, 11) is 1.91. The number of aryl methyl sites for hydroxylation is 1. The number of aromatic nitrogens is 3. The molecule has 1 N–H and O–H groups in total. The molecule has 0 bridgehead atoms. The summed E-state index contributed by atoms with van der Waals surface area (Å²) in [6.45, 7) is 8.76. The number of ether oxygens (including phenoxy) is 1. The Balaban J connectivity index is 1.29. The summed E-state index contributed by atoms with van der Waals surface area (Å²) in [6.07, 6.45) is 5.82. The van der Waals surface area contributed by atoms with Crippen molar-refractivity contribution in [2.75, 3.05) is 47.8 Å². The van der Waals surface area contributed by atoms with E-state index >= 15 is 0 Å². The molecule has 0 radical (unpaired) electrons. The Kier molecular flexibility index (Phi) is 5.74. The van der Waals surface area contributed by atoms with E-state index in [4.69, 9.17) is 4.74 Å². The van der Waals surface area contributed by atoms with E-state index in [1.54, 1.807) is 22.2 Å². The van der Waals surface area contributed by atoms with Crippen LogP contribution >= 0.6 is 0 Å². The Morgan fingerprint density at radius 3 is 2.54 bits per heavy atom. The number of amides is 3. The zero-order chi connectivity index (χ0) is 24.7. The van der Waals surface area contributed by atoms with Gasteiger partial charge in [-0.3, -0.25) is 4.90 Å². The minimum Gasteiger partial charge on any atom is -0.444 e. The Morgan fingerprint density at radius 1 is 1.03 bits per heavy atom. The monoisotopic (exact) mass is 477 g/mol. The lowest BCUT2D eigenvalue weighted by molar-refractivity contribution is 0.0240. The lowest BCUT2D eigenvalue weighted by Gasteiger charge is -2.37. The molecule has 0 unspecified atom stereocenters. The fourth-order valence-corrected chi connectivity index (χ4v) is 4.72. The number of piperazine rings is 1. The molecule has 0 spiro atoms. The first-order chi connectivity index (χ1) is 16.7. The smallest absolute Gasteiger partial charge is 0.410 e. The summed E-state index contributed by atoms with van der Waals surface area (Å²) in [5.41, 5.74) is 3.17. The van der Waals surface area contributed by atoms with Crippen molar-refractivity contribution in [2.24, 2.45) is 7.05 Å². The number of fused-ring (bicyclic) bond motifs is 2. The molecule has 3 amide bonds. The lowest BCUT2D eigenvalue weighted by atomic mass is 10.1. The van der Waals surface area contributed by atoms with Crippen LogP contribution in [0.3, 0.4) is 0 Å². The van der Waals surface area contributed by atoms with E-state index in [0.717, 1.165) is 34.4 Å². The standard InChI is InChI=1S/C25H31N7O3/c1-25(2,3)35-24(34)31-14-12-30(13-15-31)20-7-10-27-22-18(20)8-11-32(22)23(33)28-19-16-29(4)21-17(19)6-5-9-26-21/h5-7,9-10,16H,8,11-15H2,1-4H3,(H,28,33). The third-order valence-corrected chi connectivity index (χ3v) is 6.34. The summed E-state index contributed by atoms with van der Waals surface area (Å²) in [5.74, 6) is 0.688. The van der Waals surface area contributed by atoms with Crippen LogP contribution in [0.25, 0.3) is 11.0 Å². The fourth-order valence-electron chi connectivity index (χ4n) is 4.72. The molecule has 0 aromatic carbocycles. The largest absolute Gasteiger partial charge is 0.444 e. The number of carbonyl (C=O) groups is 2. The Hall–Kier alpha value is -3.82. The van der Waals surface area contributed by atoms with Gasteiger partial charge in [-0.25, -0.2) is 19.6 Å². The molecule has 3 aromatic rings. The van der Waals surface area contributed by atoms with Crippen LogP contribution in [0.15, 0.2) is 36.8 Å². The van der Waals surface area contributed by atoms with Crippen LogP contribution in [0.5, 0.6) is 0 Å². The van der Waals surface area contributed by atoms with E-state index in [0.29, 0.717) is 38.5 Å². The molecule has 1 saturated heterocycles. The summed E-state index contributed by atoms with van der Waals surface area (Å²) in [5, 5.41) is 3.93. The van der Waals surface area contributed by atoms with Crippen LogP contribution in [-0.2, 0) is 18.2 Å². The second-order valence-corrected chi connectivity index (χ2v) is 9.95. The SMILES string of the molecule is Cn1cc(NC(=O)N2CCc3c(N4CCN(C(=O)OC(C)(C)C)CC4)ccnc32)c2cccnc21. The molecular formula is C25H31N7O3. The maximum atomic E-state index is 13.2. The Bertz CT molecular complexity index is 1270. The average molecular weight is 478 g/mol. The van der Waals surface area contributed by atoms with Crippen molar-refractivity contribution in [3.05, 3.63) is 42.4 Å². The Morgan fingerprint density at radius 2 is 1.80 bits per heavy atom. The zero-order valence-corrected chi connectivity index (χ0v) is 20.6. The maximum absolute atomic E-state index is 13.2. The number of rotatable bonds is 2. The molecule has 10 heteroatoms. The highest BCUT2D eigenvalue weighted by Gasteiger charge is 2.32. The van der Waals surface area contributed by atoms with Gasteiger partial charge in [-0.05, 0) is 45.4 Å². The molecule has 0 aliphatic carbocycles. The first-order valence-electron chi connectivity index (χ1n) is 11.9. The van der Waals surface area contributed by atoms with Crippen LogP contribution in [0, 0.1) is 0 Å². The summed E-state index contributed by atoms with van der Waals surface area (Å²) in [4.78, 5) is 40.3. The topological polar surface area (TPSA) is 95.8 Å². The van der Waals surface area contributed by atoms with Gasteiger partial charge in [0.2, 0.25) is 0 Å². The number of nitrogens with zero attached hydrogens (tertiary/aromatic N) is 6. The van der Waals surface area contributed by atoms with Gasteiger partial charge in [0.05, 0.1) is 5.69 Å². The first kappa shape index (κ1) is 22.9.